The number of aliphatic hydroxyl groups excluding tert-OH is 1. The fraction of sp³-hybridized carbons (Fsp3) is 0.316. The topological polar surface area (TPSA) is 121 Å². The van der Waals surface area contributed by atoms with Gasteiger partial charge in [-0.1, -0.05) is 23.7 Å². The summed E-state index contributed by atoms with van der Waals surface area (Å²) < 4.78 is 5.42. The minimum atomic E-state index is -1.67. The quantitative estimate of drug-likeness (QED) is 0.551. The average Bonchev–Trinajstić information content (AvgIpc) is 3.00. The summed E-state index contributed by atoms with van der Waals surface area (Å²) in [6, 6.07) is 9.78. The van der Waals surface area contributed by atoms with E-state index in [1.54, 1.807) is 42.6 Å². The molecule has 1 fully saturated rings. The Labute approximate surface area is 166 Å². The van der Waals surface area contributed by atoms with E-state index >= 15 is 0 Å². The first-order valence-corrected chi connectivity index (χ1v) is 9.01. The molecule has 28 heavy (non-hydrogen) atoms. The Morgan fingerprint density at radius 1 is 1.21 bits per heavy atom. The second-order valence-corrected chi connectivity index (χ2v) is 6.92. The minimum Gasteiger partial charge on any atom is -0.387 e. The number of hydrogen-bond donors (Lipinski definition) is 4. The van der Waals surface area contributed by atoms with Gasteiger partial charge in [0.05, 0.1) is 29.3 Å². The van der Waals surface area contributed by atoms with Crippen LogP contribution in [0.15, 0.2) is 48.8 Å². The zero-order chi connectivity index (χ0) is 20.1. The van der Waals surface area contributed by atoms with E-state index < -0.39 is 29.6 Å². The number of pyridine rings is 1. The summed E-state index contributed by atoms with van der Waals surface area (Å²) in [5, 5.41) is 26.5. The van der Waals surface area contributed by atoms with Gasteiger partial charge in [-0.3, -0.25) is 14.6 Å². The van der Waals surface area contributed by atoms with E-state index in [-0.39, 0.29) is 19.7 Å². The third kappa shape index (κ3) is 4.48. The number of aliphatic hydroxyl groups is 2. The summed E-state index contributed by atoms with van der Waals surface area (Å²) >= 11 is 5.98. The molecule has 3 atom stereocenters. The van der Waals surface area contributed by atoms with Crippen molar-refractivity contribution < 1.29 is 24.5 Å². The largest absolute Gasteiger partial charge is 0.387 e. The molecule has 1 saturated heterocycles. The second-order valence-electron chi connectivity index (χ2n) is 6.51. The predicted molar refractivity (Wildman–Crippen MR) is 101 cm³/mol. The highest BCUT2D eigenvalue weighted by Gasteiger charge is 2.48. The summed E-state index contributed by atoms with van der Waals surface area (Å²) in [7, 11) is 0. The van der Waals surface area contributed by atoms with Crippen molar-refractivity contribution in [2.75, 3.05) is 19.7 Å². The summed E-state index contributed by atoms with van der Waals surface area (Å²) in [6.45, 7) is -0.422. The molecule has 148 valence electrons. The minimum absolute atomic E-state index is 0.0237. The maximum absolute atomic E-state index is 12.2. The number of nitrogens with one attached hydrogen (secondary N) is 2. The maximum atomic E-state index is 12.2. The first kappa shape index (κ1) is 20.2. The van der Waals surface area contributed by atoms with Gasteiger partial charge in [0, 0.05) is 18.9 Å². The first-order valence-electron chi connectivity index (χ1n) is 8.64. The number of ether oxygens (including phenoxy) is 1. The number of hydrogen-bond acceptors (Lipinski definition) is 6. The molecule has 0 saturated carbocycles. The van der Waals surface area contributed by atoms with Crippen LogP contribution in [0.5, 0.6) is 0 Å². The van der Waals surface area contributed by atoms with Crippen molar-refractivity contribution in [1.82, 2.24) is 15.6 Å². The number of benzene rings is 1. The number of nitrogens with zero attached hydrogens (tertiary/aromatic N) is 1. The molecule has 2 aromatic rings. The molecule has 2 heterocycles. The molecule has 1 aliphatic rings. The smallest absolute Gasteiger partial charge is 0.252 e. The Kier molecular flexibility index (Phi) is 6.25. The van der Waals surface area contributed by atoms with E-state index in [2.05, 4.69) is 15.6 Å². The first-order chi connectivity index (χ1) is 13.4. The number of amides is 2. The van der Waals surface area contributed by atoms with Crippen LogP contribution >= 0.6 is 11.6 Å². The van der Waals surface area contributed by atoms with Crippen molar-refractivity contribution in [2.45, 2.75) is 17.8 Å². The second kappa shape index (κ2) is 8.66. The van der Waals surface area contributed by atoms with E-state index in [9.17, 15) is 19.8 Å². The molecule has 0 radical (unpaired) electrons. The van der Waals surface area contributed by atoms with Crippen LogP contribution in [0.2, 0.25) is 5.02 Å². The third-order valence-corrected chi connectivity index (χ3v) is 4.84. The van der Waals surface area contributed by atoms with Crippen molar-refractivity contribution in [3.63, 3.8) is 0 Å². The molecule has 1 aromatic heterocycles. The Balaban J connectivity index is 1.53. The Hall–Kier alpha value is -2.52. The van der Waals surface area contributed by atoms with E-state index in [0.29, 0.717) is 16.1 Å². The number of halogens is 1. The molecule has 0 spiro atoms. The lowest BCUT2D eigenvalue weighted by Gasteiger charge is -2.26. The van der Waals surface area contributed by atoms with Gasteiger partial charge in [-0.25, -0.2) is 0 Å². The molecule has 0 unspecified atom stereocenters. The molecule has 0 bridgehead atoms. The van der Waals surface area contributed by atoms with Gasteiger partial charge in [-0.15, -0.1) is 0 Å². The summed E-state index contributed by atoms with van der Waals surface area (Å²) in [4.78, 5) is 28.1. The molecular weight excluding hydrogens is 386 g/mol. The number of carbonyl (C=O) groups is 2. The lowest BCUT2D eigenvalue weighted by Crippen LogP contribution is -2.53. The highest BCUT2D eigenvalue weighted by atomic mass is 35.5. The normalized spacial score (nSPS) is 24.0. The Morgan fingerprint density at radius 3 is 2.71 bits per heavy atom. The average molecular weight is 406 g/mol. The lowest BCUT2D eigenvalue weighted by molar-refractivity contribution is -0.0464. The molecule has 9 heteroatoms. The van der Waals surface area contributed by atoms with Crippen LogP contribution in [0.4, 0.5) is 0 Å². The van der Waals surface area contributed by atoms with Crippen molar-refractivity contribution in [1.29, 1.82) is 0 Å². The van der Waals surface area contributed by atoms with Crippen LogP contribution in [0, 0.1) is 0 Å². The third-order valence-electron chi connectivity index (χ3n) is 4.51. The van der Waals surface area contributed by atoms with Gasteiger partial charge in [0.15, 0.2) is 0 Å². The van der Waals surface area contributed by atoms with Gasteiger partial charge in [0.25, 0.3) is 11.8 Å². The molecule has 3 rings (SSSR count). The zero-order valence-corrected chi connectivity index (χ0v) is 15.6. The molecule has 2 amide bonds. The number of rotatable bonds is 6. The fourth-order valence-electron chi connectivity index (χ4n) is 2.87. The summed E-state index contributed by atoms with van der Waals surface area (Å²) in [5.74, 6) is -0.842. The standard InChI is InChI=1S/C19H20ClN3O5/c20-14-6-2-1-5-13(14)18(26)22-9-15-16(24)19(27,11-28-15)10-23-17(25)12-4-3-7-21-8-12/h1-8,15-16,24,27H,9-11H2,(H,22,26)(H,23,25)/t15-,16-,19+/m1/s1. The lowest BCUT2D eigenvalue weighted by atomic mass is 9.96. The van der Waals surface area contributed by atoms with Crippen molar-refractivity contribution in [3.05, 3.63) is 64.9 Å². The Morgan fingerprint density at radius 2 is 2.00 bits per heavy atom. The number of aromatic nitrogens is 1. The van der Waals surface area contributed by atoms with Gasteiger partial charge in [-0.2, -0.15) is 0 Å². The monoisotopic (exact) mass is 405 g/mol. The molecular formula is C19H20ClN3O5. The highest BCUT2D eigenvalue weighted by Crippen LogP contribution is 2.24. The SMILES string of the molecule is O=C(NC[C@]1(O)CO[C@H](CNC(=O)c2ccccc2Cl)[C@H]1O)c1cccnc1. The Bertz CT molecular complexity index is 850. The van der Waals surface area contributed by atoms with Gasteiger partial charge < -0.3 is 25.6 Å². The van der Waals surface area contributed by atoms with Gasteiger partial charge in [-0.05, 0) is 24.3 Å². The predicted octanol–water partition coefficient (Wildman–Crippen LogP) is 0.386. The van der Waals surface area contributed by atoms with Crippen LogP contribution < -0.4 is 10.6 Å². The van der Waals surface area contributed by atoms with Crippen LogP contribution in [0.1, 0.15) is 20.7 Å². The molecule has 1 aromatic carbocycles. The molecule has 4 N–H and O–H groups in total. The van der Waals surface area contributed by atoms with E-state index in [0.717, 1.165) is 0 Å². The molecule has 0 aliphatic carbocycles. The zero-order valence-electron chi connectivity index (χ0n) is 14.8. The maximum Gasteiger partial charge on any atom is 0.252 e. The highest BCUT2D eigenvalue weighted by molar-refractivity contribution is 6.33. The number of carbonyl (C=O) groups excluding carboxylic acids is 2. The fourth-order valence-corrected chi connectivity index (χ4v) is 3.09. The van der Waals surface area contributed by atoms with Gasteiger partial charge >= 0.3 is 0 Å². The summed E-state index contributed by atoms with van der Waals surface area (Å²) in [5.41, 5.74) is -1.03. The van der Waals surface area contributed by atoms with Crippen molar-refractivity contribution in [3.8, 4) is 0 Å². The van der Waals surface area contributed by atoms with E-state index in [4.69, 9.17) is 16.3 Å². The van der Waals surface area contributed by atoms with Crippen molar-refractivity contribution >= 4 is 23.4 Å². The van der Waals surface area contributed by atoms with Crippen LogP contribution in [-0.4, -0.2) is 64.5 Å². The van der Waals surface area contributed by atoms with Crippen LogP contribution in [0.3, 0.4) is 0 Å². The van der Waals surface area contributed by atoms with Crippen LogP contribution in [-0.2, 0) is 4.74 Å². The van der Waals surface area contributed by atoms with E-state index in [1.165, 1.54) is 6.20 Å². The van der Waals surface area contributed by atoms with E-state index in [1.807, 2.05) is 0 Å². The van der Waals surface area contributed by atoms with Gasteiger partial charge in [0.1, 0.15) is 17.8 Å². The van der Waals surface area contributed by atoms with Crippen molar-refractivity contribution in [2.24, 2.45) is 0 Å². The molecule has 8 nitrogen and oxygen atoms in total. The summed E-state index contributed by atoms with van der Waals surface area (Å²) in [6.07, 6.45) is 0.814. The molecule has 1 aliphatic heterocycles. The van der Waals surface area contributed by atoms with Crippen LogP contribution in [0.25, 0.3) is 0 Å². The van der Waals surface area contributed by atoms with Gasteiger partial charge in [0.2, 0.25) is 0 Å².